The molecule has 3 nitrogen and oxygen atoms in total. The van der Waals surface area contributed by atoms with E-state index >= 15 is 0 Å². The van der Waals surface area contributed by atoms with Gasteiger partial charge in [0.1, 0.15) is 5.82 Å². The van der Waals surface area contributed by atoms with Crippen molar-refractivity contribution < 1.29 is 0 Å². The number of nitrogens with one attached hydrogen (secondary N) is 1. The van der Waals surface area contributed by atoms with Gasteiger partial charge in [-0.1, -0.05) is 19.4 Å². The van der Waals surface area contributed by atoms with Crippen molar-refractivity contribution in [2.75, 3.05) is 25.0 Å². The smallest absolute Gasteiger partial charge is 0.128 e. The zero-order valence-electron chi connectivity index (χ0n) is 10.9. The van der Waals surface area contributed by atoms with E-state index in [0.717, 1.165) is 31.4 Å². The molecular weight excluding hydrogens is 210 g/mol. The highest BCUT2D eigenvalue weighted by molar-refractivity contribution is 5.39. The van der Waals surface area contributed by atoms with Crippen LogP contribution in [0.4, 0.5) is 5.82 Å². The summed E-state index contributed by atoms with van der Waals surface area (Å²) in [6.07, 6.45) is 5.94. The molecule has 1 aromatic heterocycles. The van der Waals surface area contributed by atoms with Crippen molar-refractivity contribution in [3.05, 3.63) is 23.9 Å². The minimum Gasteiger partial charge on any atom is -0.357 e. The van der Waals surface area contributed by atoms with Gasteiger partial charge in [-0.05, 0) is 37.4 Å². The lowest BCUT2D eigenvalue weighted by molar-refractivity contribution is 0.394. The topological polar surface area (TPSA) is 28.2 Å². The van der Waals surface area contributed by atoms with E-state index in [1.54, 1.807) is 0 Å². The molecule has 1 aromatic rings. The highest BCUT2D eigenvalue weighted by Crippen LogP contribution is 2.23. The van der Waals surface area contributed by atoms with Gasteiger partial charge >= 0.3 is 0 Å². The van der Waals surface area contributed by atoms with Gasteiger partial charge in [0, 0.05) is 25.8 Å². The summed E-state index contributed by atoms with van der Waals surface area (Å²) < 4.78 is 0. The predicted molar refractivity (Wildman–Crippen MR) is 72.2 cm³/mol. The molecule has 1 fully saturated rings. The fraction of sp³-hybridized carbons (Fsp3) is 0.643. The van der Waals surface area contributed by atoms with E-state index in [1.807, 2.05) is 13.2 Å². The monoisotopic (exact) mass is 233 g/mol. The van der Waals surface area contributed by atoms with Crippen molar-refractivity contribution in [1.82, 2.24) is 10.3 Å². The fourth-order valence-corrected chi connectivity index (χ4v) is 2.48. The first-order valence-electron chi connectivity index (χ1n) is 6.68. The van der Waals surface area contributed by atoms with Crippen LogP contribution >= 0.6 is 0 Å². The fourth-order valence-electron chi connectivity index (χ4n) is 2.48. The van der Waals surface area contributed by atoms with Gasteiger partial charge in [-0.25, -0.2) is 4.98 Å². The quantitative estimate of drug-likeness (QED) is 0.865. The number of pyridine rings is 1. The summed E-state index contributed by atoms with van der Waals surface area (Å²) in [4.78, 5) is 6.97. The molecule has 1 aliphatic heterocycles. The van der Waals surface area contributed by atoms with E-state index < -0.39 is 0 Å². The average molecular weight is 233 g/mol. The third kappa shape index (κ3) is 3.19. The second-order valence-electron chi connectivity index (χ2n) is 4.89. The lowest BCUT2D eigenvalue weighted by Gasteiger charge is -2.32. The van der Waals surface area contributed by atoms with E-state index in [0.29, 0.717) is 0 Å². The lowest BCUT2D eigenvalue weighted by Crippen LogP contribution is -2.34. The standard InChI is InChI=1S/C14H23N3/c1-3-12-6-8-17(9-7-12)14-5-4-13(10-15-2)11-16-14/h4-5,11-12,15H,3,6-10H2,1-2H3. The summed E-state index contributed by atoms with van der Waals surface area (Å²) in [5.74, 6) is 2.06. The minimum atomic E-state index is 0.894. The molecule has 1 saturated heterocycles. The Morgan fingerprint density at radius 3 is 2.65 bits per heavy atom. The van der Waals surface area contributed by atoms with Gasteiger partial charge in [0.25, 0.3) is 0 Å². The number of nitrogens with zero attached hydrogens (tertiary/aromatic N) is 2. The number of hydrogen-bond acceptors (Lipinski definition) is 3. The van der Waals surface area contributed by atoms with Crippen molar-refractivity contribution in [3.8, 4) is 0 Å². The molecule has 0 spiro atoms. The van der Waals surface area contributed by atoms with E-state index in [2.05, 4.69) is 34.3 Å². The Kier molecular flexibility index (Phi) is 4.37. The highest BCUT2D eigenvalue weighted by Gasteiger charge is 2.18. The largest absolute Gasteiger partial charge is 0.357 e. The highest BCUT2D eigenvalue weighted by atomic mass is 15.2. The molecule has 2 rings (SSSR count). The van der Waals surface area contributed by atoms with Crippen LogP contribution in [0, 0.1) is 5.92 Å². The molecular formula is C14H23N3. The van der Waals surface area contributed by atoms with E-state index in [-0.39, 0.29) is 0 Å². The maximum atomic E-state index is 4.56. The predicted octanol–water partition coefficient (Wildman–Crippen LogP) is 2.43. The Bertz CT molecular complexity index is 326. The van der Waals surface area contributed by atoms with Crippen LogP contribution < -0.4 is 10.2 Å². The molecule has 2 heterocycles. The molecule has 0 atom stereocenters. The van der Waals surface area contributed by atoms with Gasteiger partial charge in [-0.15, -0.1) is 0 Å². The summed E-state index contributed by atoms with van der Waals surface area (Å²) in [5, 5.41) is 3.14. The molecule has 3 heteroatoms. The molecule has 0 aromatic carbocycles. The maximum Gasteiger partial charge on any atom is 0.128 e. The van der Waals surface area contributed by atoms with Crippen LogP contribution in [0.15, 0.2) is 18.3 Å². The normalized spacial score (nSPS) is 17.4. The molecule has 17 heavy (non-hydrogen) atoms. The minimum absolute atomic E-state index is 0.894. The third-order valence-electron chi connectivity index (χ3n) is 3.71. The van der Waals surface area contributed by atoms with Crippen LogP contribution in [0.5, 0.6) is 0 Å². The van der Waals surface area contributed by atoms with Crippen LogP contribution in [0.25, 0.3) is 0 Å². The number of piperidine rings is 1. The first kappa shape index (κ1) is 12.4. The van der Waals surface area contributed by atoms with Crippen LogP contribution in [0.2, 0.25) is 0 Å². The zero-order chi connectivity index (χ0) is 12.1. The van der Waals surface area contributed by atoms with Gasteiger partial charge in [-0.2, -0.15) is 0 Å². The van der Waals surface area contributed by atoms with Crippen LogP contribution in [0.1, 0.15) is 31.7 Å². The first-order valence-corrected chi connectivity index (χ1v) is 6.68. The van der Waals surface area contributed by atoms with Gasteiger partial charge in [0.2, 0.25) is 0 Å². The number of rotatable bonds is 4. The number of hydrogen-bond donors (Lipinski definition) is 1. The molecule has 1 N–H and O–H groups in total. The average Bonchev–Trinajstić information content (AvgIpc) is 2.40. The third-order valence-corrected chi connectivity index (χ3v) is 3.71. The summed E-state index contributed by atoms with van der Waals surface area (Å²) in [6, 6.07) is 4.32. The van der Waals surface area contributed by atoms with E-state index in [4.69, 9.17) is 0 Å². The van der Waals surface area contributed by atoms with Crippen molar-refractivity contribution >= 4 is 5.82 Å². The maximum absolute atomic E-state index is 4.56. The summed E-state index contributed by atoms with van der Waals surface area (Å²) >= 11 is 0. The molecule has 0 unspecified atom stereocenters. The zero-order valence-corrected chi connectivity index (χ0v) is 10.9. The number of anilines is 1. The molecule has 0 bridgehead atoms. The Morgan fingerprint density at radius 1 is 1.35 bits per heavy atom. The van der Waals surface area contributed by atoms with E-state index in [1.165, 1.54) is 24.8 Å². The van der Waals surface area contributed by atoms with Gasteiger partial charge in [-0.3, -0.25) is 0 Å². The van der Waals surface area contributed by atoms with Crippen molar-refractivity contribution in [2.45, 2.75) is 32.7 Å². The summed E-state index contributed by atoms with van der Waals surface area (Å²) in [6.45, 7) is 5.52. The van der Waals surface area contributed by atoms with Crippen LogP contribution in [-0.4, -0.2) is 25.1 Å². The van der Waals surface area contributed by atoms with Crippen LogP contribution in [-0.2, 0) is 6.54 Å². The molecule has 0 radical (unpaired) electrons. The second-order valence-corrected chi connectivity index (χ2v) is 4.89. The Morgan fingerprint density at radius 2 is 2.12 bits per heavy atom. The molecule has 0 saturated carbocycles. The van der Waals surface area contributed by atoms with Crippen molar-refractivity contribution in [3.63, 3.8) is 0 Å². The molecule has 94 valence electrons. The lowest BCUT2D eigenvalue weighted by atomic mass is 9.94. The van der Waals surface area contributed by atoms with E-state index in [9.17, 15) is 0 Å². The molecule has 0 amide bonds. The van der Waals surface area contributed by atoms with Gasteiger partial charge in [0.05, 0.1) is 0 Å². The van der Waals surface area contributed by atoms with Crippen molar-refractivity contribution in [2.24, 2.45) is 5.92 Å². The van der Waals surface area contributed by atoms with Gasteiger partial charge in [0.15, 0.2) is 0 Å². The molecule has 1 aliphatic rings. The first-order chi connectivity index (χ1) is 8.33. The Labute approximate surface area is 104 Å². The summed E-state index contributed by atoms with van der Waals surface area (Å²) in [7, 11) is 1.96. The molecule has 0 aliphatic carbocycles. The Balaban J connectivity index is 1.94. The second kappa shape index (κ2) is 6.01. The van der Waals surface area contributed by atoms with Crippen molar-refractivity contribution in [1.29, 1.82) is 0 Å². The summed E-state index contributed by atoms with van der Waals surface area (Å²) in [5.41, 5.74) is 1.25. The SMILES string of the molecule is CCC1CCN(c2ccc(CNC)cn2)CC1. The number of aromatic nitrogens is 1. The van der Waals surface area contributed by atoms with Gasteiger partial charge < -0.3 is 10.2 Å². The van der Waals surface area contributed by atoms with Crippen LogP contribution in [0.3, 0.4) is 0 Å². The Hall–Kier alpha value is -1.09.